The Labute approximate surface area is 112 Å². The Bertz CT molecular complexity index is 495. The van der Waals surface area contributed by atoms with Crippen molar-refractivity contribution >= 4 is 17.4 Å². The molecule has 19 heavy (non-hydrogen) atoms. The fraction of sp³-hybridized carbons (Fsp3) is 0.429. The first kappa shape index (κ1) is 13.4. The van der Waals surface area contributed by atoms with E-state index in [0.717, 1.165) is 18.5 Å². The summed E-state index contributed by atoms with van der Waals surface area (Å²) in [6.45, 7) is 0. The molecule has 0 radical (unpaired) electrons. The lowest BCUT2D eigenvalue weighted by Crippen LogP contribution is -2.30. The molecule has 5 heteroatoms. The third-order valence-electron chi connectivity index (χ3n) is 3.70. The van der Waals surface area contributed by atoms with Gasteiger partial charge < -0.3 is 15.8 Å². The van der Waals surface area contributed by atoms with Crippen LogP contribution in [0.4, 0.5) is 5.69 Å². The molecule has 0 aromatic heterocycles. The highest BCUT2D eigenvalue weighted by molar-refractivity contribution is 5.99. The van der Waals surface area contributed by atoms with Gasteiger partial charge in [0.25, 0.3) is 0 Å². The number of rotatable bonds is 4. The zero-order chi connectivity index (χ0) is 13.8. The molecule has 0 spiro atoms. The Morgan fingerprint density at radius 1 is 1.53 bits per heavy atom. The van der Waals surface area contributed by atoms with Crippen molar-refractivity contribution in [3.63, 3.8) is 0 Å². The molecule has 0 heterocycles. The van der Waals surface area contributed by atoms with Gasteiger partial charge in [0.1, 0.15) is 0 Å². The summed E-state index contributed by atoms with van der Waals surface area (Å²) in [5.74, 6) is 0.699. The van der Waals surface area contributed by atoms with Gasteiger partial charge in [0, 0.05) is 24.7 Å². The first-order chi connectivity index (χ1) is 9.11. The van der Waals surface area contributed by atoms with E-state index >= 15 is 0 Å². The standard InChI is InChI=1S/C14H19N3O2/c1-17(13(18)8-10-4-2-5-10)12-7-3-6-11(9-12)14(15)16-19/h3,6-7,9-10,19H,2,4-5,8H2,1H3,(H2,15,16). The second kappa shape index (κ2) is 5.73. The summed E-state index contributed by atoms with van der Waals surface area (Å²) < 4.78 is 0. The lowest BCUT2D eigenvalue weighted by atomic mass is 9.82. The minimum atomic E-state index is 0.0432. The van der Waals surface area contributed by atoms with Crippen molar-refractivity contribution in [2.24, 2.45) is 16.8 Å². The maximum atomic E-state index is 12.1. The number of carbonyl (C=O) groups is 1. The van der Waals surface area contributed by atoms with E-state index in [2.05, 4.69) is 5.16 Å². The molecule has 1 amide bonds. The molecule has 1 saturated carbocycles. The molecule has 0 unspecified atom stereocenters. The van der Waals surface area contributed by atoms with Crippen LogP contribution >= 0.6 is 0 Å². The molecular formula is C14H19N3O2. The van der Waals surface area contributed by atoms with Gasteiger partial charge in [0.2, 0.25) is 5.91 Å². The maximum Gasteiger partial charge on any atom is 0.226 e. The number of anilines is 1. The van der Waals surface area contributed by atoms with Crippen LogP contribution in [0.1, 0.15) is 31.2 Å². The fourth-order valence-electron chi connectivity index (χ4n) is 2.16. The van der Waals surface area contributed by atoms with Gasteiger partial charge in [-0.05, 0) is 30.9 Å². The van der Waals surface area contributed by atoms with Crippen LogP contribution in [0.3, 0.4) is 0 Å². The largest absolute Gasteiger partial charge is 0.409 e. The van der Waals surface area contributed by atoms with Crippen molar-refractivity contribution in [2.75, 3.05) is 11.9 Å². The summed E-state index contributed by atoms with van der Waals surface area (Å²) in [4.78, 5) is 13.7. The van der Waals surface area contributed by atoms with Crippen molar-refractivity contribution in [1.82, 2.24) is 0 Å². The molecule has 102 valence electrons. The molecule has 2 rings (SSSR count). The molecule has 1 aliphatic carbocycles. The van der Waals surface area contributed by atoms with Gasteiger partial charge in [-0.2, -0.15) is 0 Å². The number of nitrogens with two attached hydrogens (primary N) is 1. The molecular weight excluding hydrogens is 242 g/mol. The average Bonchev–Trinajstić information content (AvgIpc) is 2.41. The minimum absolute atomic E-state index is 0.0432. The van der Waals surface area contributed by atoms with Gasteiger partial charge in [-0.25, -0.2) is 0 Å². The number of nitrogens with zero attached hydrogens (tertiary/aromatic N) is 2. The summed E-state index contributed by atoms with van der Waals surface area (Å²) in [6, 6.07) is 7.11. The predicted molar refractivity (Wildman–Crippen MR) is 74.3 cm³/mol. The van der Waals surface area contributed by atoms with Gasteiger partial charge in [-0.15, -0.1) is 0 Å². The van der Waals surface area contributed by atoms with Crippen molar-refractivity contribution < 1.29 is 10.0 Å². The smallest absolute Gasteiger partial charge is 0.226 e. The van der Waals surface area contributed by atoms with Crippen molar-refractivity contribution in [3.8, 4) is 0 Å². The normalized spacial score (nSPS) is 15.9. The number of amides is 1. The molecule has 1 aliphatic rings. The lowest BCUT2D eigenvalue weighted by molar-refractivity contribution is -0.119. The van der Waals surface area contributed by atoms with Crippen molar-refractivity contribution in [2.45, 2.75) is 25.7 Å². The summed E-state index contributed by atoms with van der Waals surface area (Å²) in [6.07, 6.45) is 4.15. The number of hydrogen-bond acceptors (Lipinski definition) is 3. The van der Waals surface area contributed by atoms with E-state index in [0.29, 0.717) is 17.9 Å². The Morgan fingerprint density at radius 3 is 2.84 bits per heavy atom. The van der Waals surface area contributed by atoms with Gasteiger partial charge in [-0.3, -0.25) is 4.79 Å². The maximum absolute atomic E-state index is 12.1. The van der Waals surface area contributed by atoms with E-state index < -0.39 is 0 Å². The summed E-state index contributed by atoms with van der Waals surface area (Å²) in [7, 11) is 1.76. The van der Waals surface area contributed by atoms with Crippen LogP contribution < -0.4 is 10.6 Å². The summed E-state index contributed by atoms with van der Waals surface area (Å²) >= 11 is 0. The highest BCUT2D eigenvalue weighted by Gasteiger charge is 2.23. The minimum Gasteiger partial charge on any atom is -0.409 e. The highest BCUT2D eigenvalue weighted by atomic mass is 16.4. The Morgan fingerprint density at radius 2 is 2.26 bits per heavy atom. The van der Waals surface area contributed by atoms with E-state index in [1.54, 1.807) is 30.1 Å². The Kier molecular flexibility index (Phi) is 4.04. The highest BCUT2D eigenvalue weighted by Crippen LogP contribution is 2.30. The molecule has 3 N–H and O–H groups in total. The molecule has 0 atom stereocenters. The number of carbonyl (C=O) groups excluding carboxylic acids is 1. The van der Waals surface area contributed by atoms with Crippen LogP contribution in [0.25, 0.3) is 0 Å². The SMILES string of the molecule is CN(C(=O)CC1CCC1)c1cccc(/C(N)=N/O)c1. The third-order valence-corrected chi connectivity index (χ3v) is 3.70. The second-order valence-corrected chi connectivity index (χ2v) is 4.99. The first-order valence-corrected chi connectivity index (χ1v) is 6.46. The predicted octanol–water partition coefficient (Wildman–Crippen LogP) is 1.93. The van der Waals surface area contributed by atoms with E-state index in [-0.39, 0.29) is 11.7 Å². The van der Waals surface area contributed by atoms with E-state index in [9.17, 15) is 4.79 Å². The Balaban J connectivity index is 2.09. The van der Waals surface area contributed by atoms with Crippen LogP contribution in [-0.4, -0.2) is 24.0 Å². The monoisotopic (exact) mass is 261 g/mol. The van der Waals surface area contributed by atoms with Crippen LogP contribution in [0.5, 0.6) is 0 Å². The van der Waals surface area contributed by atoms with Crippen LogP contribution in [0.2, 0.25) is 0 Å². The van der Waals surface area contributed by atoms with Crippen molar-refractivity contribution in [3.05, 3.63) is 29.8 Å². The Hall–Kier alpha value is -2.04. The summed E-state index contributed by atoms with van der Waals surface area (Å²) in [5.41, 5.74) is 6.91. The molecule has 5 nitrogen and oxygen atoms in total. The second-order valence-electron chi connectivity index (χ2n) is 4.99. The molecule has 0 saturated heterocycles. The van der Waals surface area contributed by atoms with Crippen LogP contribution in [-0.2, 0) is 4.79 Å². The first-order valence-electron chi connectivity index (χ1n) is 6.46. The topological polar surface area (TPSA) is 78.9 Å². The van der Waals surface area contributed by atoms with Crippen LogP contribution in [0, 0.1) is 5.92 Å². The van der Waals surface area contributed by atoms with E-state index in [1.807, 2.05) is 6.07 Å². The lowest BCUT2D eigenvalue weighted by Gasteiger charge is -2.27. The van der Waals surface area contributed by atoms with Gasteiger partial charge in [0.15, 0.2) is 5.84 Å². The molecule has 1 aromatic rings. The zero-order valence-corrected chi connectivity index (χ0v) is 11.0. The number of oxime groups is 1. The molecule has 0 bridgehead atoms. The number of amidine groups is 1. The molecule has 1 fully saturated rings. The average molecular weight is 261 g/mol. The van der Waals surface area contributed by atoms with E-state index in [4.69, 9.17) is 10.9 Å². The fourth-order valence-corrected chi connectivity index (χ4v) is 2.16. The molecule has 0 aliphatic heterocycles. The quantitative estimate of drug-likeness (QED) is 0.376. The molecule has 1 aromatic carbocycles. The number of benzene rings is 1. The number of hydrogen-bond donors (Lipinski definition) is 2. The van der Waals surface area contributed by atoms with Crippen molar-refractivity contribution in [1.29, 1.82) is 0 Å². The van der Waals surface area contributed by atoms with E-state index in [1.165, 1.54) is 6.42 Å². The van der Waals surface area contributed by atoms with Gasteiger partial charge in [-0.1, -0.05) is 23.7 Å². The van der Waals surface area contributed by atoms with Gasteiger partial charge >= 0.3 is 0 Å². The third kappa shape index (κ3) is 3.05. The van der Waals surface area contributed by atoms with Crippen LogP contribution in [0.15, 0.2) is 29.4 Å². The van der Waals surface area contributed by atoms with Gasteiger partial charge in [0.05, 0.1) is 0 Å². The summed E-state index contributed by atoms with van der Waals surface area (Å²) in [5, 5.41) is 11.6. The zero-order valence-electron chi connectivity index (χ0n) is 11.0.